The van der Waals surface area contributed by atoms with Gasteiger partial charge >= 0.3 is 0 Å². The molecule has 1 saturated heterocycles. The van der Waals surface area contributed by atoms with E-state index in [1.807, 2.05) is 24.8 Å². The first-order valence-electron chi connectivity index (χ1n) is 9.10. The van der Waals surface area contributed by atoms with Crippen LogP contribution in [0.1, 0.15) is 32.3 Å². The summed E-state index contributed by atoms with van der Waals surface area (Å²) in [6.45, 7) is 5.11. The average molecular weight is 371 g/mol. The maximum Gasteiger partial charge on any atom is 0.225 e. The lowest BCUT2D eigenvalue weighted by atomic mass is 9.80. The summed E-state index contributed by atoms with van der Waals surface area (Å²) in [6.07, 6.45) is 1.74. The summed E-state index contributed by atoms with van der Waals surface area (Å²) < 4.78 is 0. The lowest BCUT2D eigenvalue weighted by molar-refractivity contribution is -0.132. The number of nitrogens with two attached hydrogens (primary N) is 1. The highest BCUT2D eigenvalue weighted by molar-refractivity contribution is 7.13. The molecule has 1 fully saturated rings. The summed E-state index contributed by atoms with van der Waals surface area (Å²) in [6, 6.07) is 12.5. The number of hydrogen-bond donors (Lipinski definition) is 1. The van der Waals surface area contributed by atoms with Crippen molar-refractivity contribution in [1.29, 1.82) is 0 Å². The van der Waals surface area contributed by atoms with Gasteiger partial charge in [0.25, 0.3) is 0 Å². The lowest BCUT2D eigenvalue weighted by Gasteiger charge is -2.26. The third kappa shape index (κ3) is 3.98. The number of rotatable bonds is 6. The van der Waals surface area contributed by atoms with E-state index >= 15 is 0 Å². The topological polar surface area (TPSA) is 63.4 Å². The molecular formula is C21H26N2O2S. The zero-order valence-corrected chi connectivity index (χ0v) is 16.2. The second-order valence-corrected chi connectivity index (χ2v) is 8.61. The van der Waals surface area contributed by atoms with Gasteiger partial charge in [-0.2, -0.15) is 0 Å². The highest BCUT2D eigenvalue weighted by atomic mass is 32.1. The fourth-order valence-electron chi connectivity index (χ4n) is 3.62. The van der Waals surface area contributed by atoms with E-state index in [9.17, 15) is 9.59 Å². The molecule has 0 radical (unpaired) electrons. The summed E-state index contributed by atoms with van der Waals surface area (Å²) in [5.41, 5.74) is 7.38. The van der Waals surface area contributed by atoms with Crippen molar-refractivity contribution in [1.82, 2.24) is 4.90 Å². The molecule has 138 valence electrons. The first-order valence-corrected chi connectivity index (χ1v) is 9.98. The van der Waals surface area contributed by atoms with Gasteiger partial charge in [0.2, 0.25) is 11.8 Å². The van der Waals surface area contributed by atoms with Gasteiger partial charge in [0.1, 0.15) is 0 Å². The number of amides is 2. The van der Waals surface area contributed by atoms with Crippen LogP contribution in [0.15, 0.2) is 41.8 Å². The maximum atomic E-state index is 12.4. The van der Waals surface area contributed by atoms with Crippen LogP contribution in [0.2, 0.25) is 0 Å². The third-order valence-electron chi connectivity index (χ3n) is 5.11. The van der Waals surface area contributed by atoms with Crippen LogP contribution in [0.3, 0.4) is 0 Å². The van der Waals surface area contributed by atoms with Crippen molar-refractivity contribution < 1.29 is 9.59 Å². The zero-order valence-electron chi connectivity index (χ0n) is 15.4. The summed E-state index contributed by atoms with van der Waals surface area (Å²) in [5, 5.41) is 2.06. The Morgan fingerprint density at radius 1 is 1.23 bits per heavy atom. The molecule has 1 aromatic carbocycles. The van der Waals surface area contributed by atoms with Gasteiger partial charge < -0.3 is 10.6 Å². The Balaban J connectivity index is 1.73. The van der Waals surface area contributed by atoms with E-state index in [4.69, 9.17) is 5.73 Å². The number of likely N-dealkylation sites (tertiary alicyclic amines) is 1. The smallest absolute Gasteiger partial charge is 0.225 e. The molecule has 0 aliphatic carbocycles. The quantitative estimate of drug-likeness (QED) is 0.842. The van der Waals surface area contributed by atoms with Gasteiger partial charge in [0, 0.05) is 24.4 Å². The van der Waals surface area contributed by atoms with E-state index in [0.29, 0.717) is 38.3 Å². The van der Waals surface area contributed by atoms with Crippen molar-refractivity contribution in [2.45, 2.75) is 33.1 Å². The average Bonchev–Trinajstić information content (AvgIpc) is 3.25. The van der Waals surface area contributed by atoms with Gasteiger partial charge in [0.15, 0.2) is 0 Å². The van der Waals surface area contributed by atoms with Gasteiger partial charge in [-0.25, -0.2) is 0 Å². The largest absolute Gasteiger partial charge is 0.369 e. The normalized spacial score (nSPS) is 19.9. The first-order chi connectivity index (χ1) is 12.4. The predicted molar refractivity (Wildman–Crippen MR) is 106 cm³/mol. The standard InChI is InChI=1S/C21H26N2O2S/c1-15(2)12-19(24)23-10-9-21(14-23,20(22)25)13-16-5-7-17(8-6-16)18-4-3-11-26-18/h3-8,11,15H,9-10,12-14H2,1-2H3,(H2,22,25). The van der Waals surface area contributed by atoms with Gasteiger partial charge in [-0.05, 0) is 41.3 Å². The molecule has 2 amide bonds. The van der Waals surface area contributed by atoms with Crippen molar-refractivity contribution >= 4 is 23.2 Å². The first kappa shape index (κ1) is 18.6. The summed E-state index contributed by atoms with van der Waals surface area (Å²) in [7, 11) is 0. The Morgan fingerprint density at radius 3 is 2.54 bits per heavy atom. The minimum atomic E-state index is -0.656. The predicted octanol–water partition coefficient (Wildman–Crippen LogP) is 3.71. The van der Waals surface area contributed by atoms with Gasteiger partial charge in [-0.3, -0.25) is 9.59 Å². The molecule has 5 heteroatoms. The van der Waals surface area contributed by atoms with Crippen LogP contribution in [0, 0.1) is 11.3 Å². The third-order valence-corrected chi connectivity index (χ3v) is 6.03. The SMILES string of the molecule is CC(C)CC(=O)N1CCC(Cc2ccc(-c3cccs3)cc2)(C(N)=O)C1. The van der Waals surface area contributed by atoms with Crippen molar-refractivity contribution in [3.05, 3.63) is 47.3 Å². The van der Waals surface area contributed by atoms with Crippen molar-refractivity contribution in [3.8, 4) is 10.4 Å². The fraction of sp³-hybridized carbons (Fsp3) is 0.429. The molecule has 1 aromatic heterocycles. The molecule has 0 spiro atoms. The minimum Gasteiger partial charge on any atom is -0.369 e. The van der Waals surface area contributed by atoms with Gasteiger partial charge in [-0.15, -0.1) is 11.3 Å². The molecular weight excluding hydrogens is 344 g/mol. The number of carbonyl (C=O) groups is 2. The summed E-state index contributed by atoms with van der Waals surface area (Å²) in [5.74, 6) is 0.131. The molecule has 1 unspecified atom stereocenters. The maximum absolute atomic E-state index is 12.4. The Morgan fingerprint density at radius 2 is 1.96 bits per heavy atom. The second kappa shape index (κ2) is 7.62. The lowest BCUT2D eigenvalue weighted by Crippen LogP contribution is -2.42. The molecule has 1 aliphatic rings. The number of nitrogens with zero attached hydrogens (tertiary/aromatic N) is 1. The van der Waals surface area contributed by atoms with Crippen molar-refractivity contribution in [2.75, 3.05) is 13.1 Å². The number of benzene rings is 1. The molecule has 4 nitrogen and oxygen atoms in total. The molecule has 2 heterocycles. The van der Waals surface area contributed by atoms with E-state index in [1.165, 1.54) is 10.4 Å². The Labute approximate surface area is 159 Å². The van der Waals surface area contributed by atoms with Crippen LogP contribution < -0.4 is 5.73 Å². The Bertz CT molecular complexity index is 768. The molecule has 2 N–H and O–H groups in total. The number of hydrogen-bond acceptors (Lipinski definition) is 3. The molecule has 26 heavy (non-hydrogen) atoms. The summed E-state index contributed by atoms with van der Waals surface area (Å²) in [4.78, 5) is 27.7. The van der Waals surface area contributed by atoms with Crippen LogP contribution >= 0.6 is 11.3 Å². The van der Waals surface area contributed by atoms with E-state index < -0.39 is 5.41 Å². The zero-order chi connectivity index (χ0) is 18.7. The molecule has 2 aromatic rings. The van der Waals surface area contributed by atoms with Crippen molar-refractivity contribution in [3.63, 3.8) is 0 Å². The fourth-order valence-corrected chi connectivity index (χ4v) is 4.35. The van der Waals surface area contributed by atoms with E-state index in [0.717, 1.165) is 5.56 Å². The van der Waals surface area contributed by atoms with Crippen molar-refractivity contribution in [2.24, 2.45) is 17.1 Å². The summed E-state index contributed by atoms with van der Waals surface area (Å²) >= 11 is 1.71. The Hall–Kier alpha value is -2.14. The van der Waals surface area contributed by atoms with Crippen LogP contribution in [0.25, 0.3) is 10.4 Å². The molecule has 0 saturated carbocycles. The van der Waals surface area contributed by atoms with Crippen LogP contribution in [0.4, 0.5) is 0 Å². The highest BCUT2D eigenvalue weighted by Gasteiger charge is 2.44. The molecule has 1 aliphatic heterocycles. The highest BCUT2D eigenvalue weighted by Crippen LogP contribution is 2.35. The van der Waals surface area contributed by atoms with Gasteiger partial charge in [-0.1, -0.05) is 44.2 Å². The molecule has 1 atom stereocenters. The van der Waals surface area contributed by atoms with E-state index in [1.54, 1.807) is 11.3 Å². The van der Waals surface area contributed by atoms with Crippen LogP contribution in [-0.2, 0) is 16.0 Å². The second-order valence-electron chi connectivity index (χ2n) is 7.66. The van der Waals surface area contributed by atoms with Crippen LogP contribution in [-0.4, -0.2) is 29.8 Å². The van der Waals surface area contributed by atoms with Gasteiger partial charge in [0.05, 0.1) is 5.41 Å². The number of carbonyl (C=O) groups excluding carboxylic acids is 2. The molecule has 0 bridgehead atoms. The minimum absolute atomic E-state index is 0.121. The Kier molecular flexibility index (Phi) is 5.47. The molecule has 3 rings (SSSR count). The van der Waals surface area contributed by atoms with E-state index in [2.05, 4.69) is 35.7 Å². The number of thiophene rings is 1. The van der Waals surface area contributed by atoms with Crippen LogP contribution in [0.5, 0.6) is 0 Å². The number of primary amides is 1. The van der Waals surface area contributed by atoms with E-state index in [-0.39, 0.29) is 11.8 Å². The monoisotopic (exact) mass is 370 g/mol.